The summed E-state index contributed by atoms with van der Waals surface area (Å²) in [6.45, 7) is 0.888. The third-order valence-corrected chi connectivity index (χ3v) is 3.44. The van der Waals surface area contributed by atoms with E-state index in [2.05, 4.69) is 14.7 Å². The molecule has 0 N–H and O–H groups in total. The molecule has 0 fully saturated rings. The molecule has 2 rings (SSSR count). The lowest BCUT2D eigenvalue weighted by molar-refractivity contribution is 0.0600. The lowest BCUT2D eigenvalue weighted by Gasteiger charge is -2.16. The van der Waals surface area contributed by atoms with E-state index in [0.717, 1.165) is 0 Å². The molecule has 2 aromatic heterocycles. The van der Waals surface area contributed by atoms with E-state index in [1.807, 2.05) is 0 Å². The zero-order chi connectivity index (χ0) is 17.5. The van der Waals surface area contributed by atoms with Crippen molar-refractivity contribution < 1.29 is 14.3 Å². The van der Waals surface area contributed by atoms with Crippen molar-refractivity contribution in [3.63, 3.8) is 0 Å². The first-order valence-electron chi connectivity index (χ1n) is 7.33. The van der Waals surface area contributed by atoms with Crippen LogP contribution in [0.3, 0.4) is 0 Å². The predicted molar refractivity (Wildman–Crippen MR) is 85.7 cm³/mol. The van der Waals surface area contributed by atoms with Crippen molar-refractivity contribution in [2.24, 2.45) is 0 Å². The molecule has 0 aliphatic rings. The Balaban J connectivity index is 1.91. The molecule has 0 saturated carbocycles. The van der Waals surface area contributed by atoms with Crippen molar-refractivity contribution >= 4 is 11.9 Å². The fourth-order valence-corrected chi connectivity index (χ4v) is 2.12. The van der Waals surface area contributed by atoms with Crippen LogP contribution in [-0.4, -0.2) is 52.0 Å². The maximum absolute atomic E-state index is 12.1. The SMILES string of the molecule is COC(=O)c1ccn(CCCN(C)C(=O)c2cnccn2)c(=O)c1. The second-order valence-electron chi connectivity index (χ2n) is 5.11. The van der Waals surface area contributed by atoms with Gasteiger partial charge in [0.1, 0.15) is 5.69 Å². The highest BCUT2D eigenvalue weighted by atomic mass is 16.5. The molecule has 0 spiro atoms. The van der Waals surface area contributed by atoms with Crippen molar-refractivity contribution in [2.75, 3.05) is 20.7 Å². The van der Waals surface area contributed by atoms with Gasteiger partial charge in [0.2, 0.25) is 0 Å². The number of pyridine rings is 1. The van der Waals surface area contributed by atoms with Gasteiger partial charge in [0.25, 0.3) is 11.5 Å². The molecule has 2 heterocycles. The van der Waals surface area contributed by atoms with E-state index in [-0.39, 0.29) is 22.7 Å². The van der Waals surface area contributed by atoms with E-state index in [4.69, 9.17) is 0 Å². The quantitative estimate of drug-likeness (QED) is 0.719. The minimum atomic E-state index is -0.548. The maximum atomic E-state index is 12.1. The standard InChI is InChI=1S/C16H18N4O4/c1-19(15(22)13-11-17-5-6-18-13)7-3-8-20-9-4-12(10-14(20)21)16(23)24-2/h4-6,9-11H,3,7-8H2,1-2H3. The van der Waals surface area contributed by atoms with E-state index in [9.17, 15) is 14.4 Å². The second-order valence-corrected chi connectivity index (χ2v) is 5.11. The summed E-state index contributed by atoms with van der Waals surface area (Å²) in [5.41, 5.74) is 0.203. The number of esters is 1. The number of methoxy groups -OCH3 is 1. The van der Waals surface area contributed by atoms with Gasteiger partial charge in [0, 0.05) is 44.8 Å². The summed E-state index contributed by atoms with van der Waals surface area (Å²) in [5, 5.41) is 0. The fourth-order valence-electron chi connectivity index (χ4n) is 2.12. The van der Waals surface area contributed by atoms with Crippen LogP contribution in [0.2, 0.25) is 0 Å². The minimum Gasteiger partial charge on any atom is -0.465 e. The van der Waals surface area contributed by atoms with Crippen molar-refractivity contribution in [1.29, 1.82) is 0 Å². The lowest BCUT2D eigenvalue weighted by atomic mass is 10.2. The number of carbonyl (C=O) groups is 2. The molecule has 0 bridgehead atoms. The molecule has 8 heteroatoms. The Hall–Kier alpha value is -3.03. The largest absolute Gasteiger partial charge is 0.465 e. The zero-order valence-corrected chi connectivity index (χ0v) is 13.5. The average Bonchev–Trinajstić information content (AvgIpc) is 2.62. The van der Waals surface area contributed by atoms with Gasteiger partial charge in [-0.15, -0.1) is 0 Å². The molecule has 1 amide bonds. The van der Waals surface area contributed by atoms with Crippen LogP contribution in [0, 0.1) is 0 Å². The zero-order valence-electron chi connectivity index (χ0n) is 13.5. The lowest BCUT2D eigenvalue weighted by Crippen LogP contribution is -2.30. The van der Waals surface area contributed by atoms with Crippen LogP contribution in [0.15, 0.2) is 41.7 Å². The van der Waals surface area contributed by atoms with E-state index in [1.165, 1.54) is 47.3 Å². The van der Waals surface area contributed by atoms with Gasteiger partial charge < -0.3 is 14.2 Å². The molecule has 24 heavy (non-hydrogen) atoms. The Morgan fingerprint density at radius 3 is 2.75 bits per heavy atom. The molecule has 0 unspecified atom stereocenters. The number of hydrogen-bond donors (Lipinski definition) is 0. The molecular formula is C16H18N4O4. The Labute approximate surface area is 138 Å². The molecular weight excluding hydrogens is 312 g/mol. The van der Waals surface area contributed by atoms with Crippen LogP contribution in [0.25, 0.3) is 0 Å². The topological polar surface area (TPSA) is 94.4 Å². The summed E-state index contributed by atoms with van der Waals surface area (Å²) < 4.78 is 6.05. The van der Waals surface area contributed by atoms with Crippen molar-refractivity contribution in [3.8, 4) is 0 Å². The predicted octanol–water partition coefficient (Wildman–Crippen LogP) is 0.587. The molecule has 126 valence electrons. The maximum Gasteiger partial charge on any atom is 0.338 e. The summed E-state index contributed by atoms with van der Waals surface area (Å²) in [4.78, 5) is 44.8. The van der Waals surface area contributed by atoms with Crippen LogP contribution in [0.4, 0.5) is 0 Å². The van der Waals surface area contributed by atoms with E-state index in [0.29, 0.717) is 19.5 Å². The summed E-state index contributed by atoms with van der Waals surface area (Å²) in [6.07, 6.45) is 6.50. The first-order valence-corrected chi connectivity index (χ1v) is 7.33. The normalized spacial score (nSPS) is 10.2. The van der Waals surface area contributed by atoms with Crippen LogP contribution < -0.4 is 5.56 Å². The number of aryl methyl sites for hydroxylation is 1. The van der Waals surface area contributed by atoms with Gasteiger partial charge in [0.15, 0.2) is 0 Å². The molecule has 2 aromatic rings. The summed E-state index contributed by atoms with van der Waals surface area (Å²) in [5.74, 6) is -0.773. The number of nitrogens with zero attached hydrogens (tertiary/aromatic N) is 4. The number of amides is 1. The van der Waals surface area contributed by atoms with Crippen LogP contribution in [-0.2, 0) is 11.3 Å². The number of hydrogen-bond acceptors (Lipinski definition) is 6. The smallest absolute Gasteiger partial charge is 0.338 e. The van der Waals surface area contributed by atoms with Gasteiger partial charge in [-0.05, 0) is 12.5 Å². The first kappa shape index (κ1) is 17.3. The number of aromatic nitrogens is 3. The van der Waals surface area contributed by atoms with E-state index < -0.39 is 5.97 Å². The highest BCUT2D eigenvalue weighted by Crippen LogP contribution is 2.01. The van der Waals surface area contributed by atoms with Gasteiger partial charge >= 0.3 is 5.97 Å². The molecule has 8 nitrogen and oxygen atoms in total. The highest BCUT2D eigenvalue weighted by molar-refractivity contribution is 5.91. The van der Waals surface area contributed by atoms with Crippen LogP contribution >= 0.6 is 0 Å². The molecule has 0 radical (unpaired) electrons. The molecule has 0 aromatic carbocycles. The monoisotopic (exact) mass is 330 g/mol. The summed E-state index contributed by atoms with van der Waals surface area (Å²) in [6, 6.07) is 2.77. The molecule has 0 saturated heterocycles. The van der Waals surface area contributed by atoms with Gasteiger partial charge in [-0.2, -0.15) is 0 Å². The van der Waals surface area contributed by atoms with Gasteiger partial charge in [-0.25, -0.2) is 9.78 Å². The van der Waals surface area contributed by atoms with E-state index >= 15 is 0 Å². The molecule has 0 aliphatic carbocycles. The van der Waals surface area contributed by atoms with Gasteiger partial charge in [0.05, 0.1) is 18.9 Å². The average molecular weight is 330 g/mol. The van der Waals surface area contributed by atoms with Crippen LogP contribution in [0.5, 0.6) is 0 Å². The third-order valence-electron chi connectivity index (χ3n) is 3.44. The second kappa shape index (κ2) is 8.00. The first-order chi connectivity index (χ1) is 11.5. The van der Waals surface area contributed by atoms with E-state index in [1.54, 1.807) is 13.2 Å². The minimum absolute atomic E-state index is 0.216. The fraction of sp³-hybridized carbons (Fsp3) is 0.312. The summed E-state index contributed by atoms with van der Waals surface area (Å²) >= 11 is 0. The Morgan fingerprint density at radius 2 is 2.12 bits per heavy atom. The van der Waals surface area contributed by atoms with Crippen molar-refractivity contribution in [1.82, 2.24) is 19.4 Å². The third kappa shape index (κ3) is 4.25. The Bertz CT molecular complexity index is 773. The Morgan fingerprint density at radius 1 is 1.33 bits per heavy atom. The number of carbonyl (C=O) groups excluding carboxylic acids is 2. The highest BCUT2D eigenvalue weighted by Gasteiger charge is 2.13. The summed E-state index contributed by atoms with van der Waals surface area (Å²) in [7, 11) is 2.93. The van der Waals surface area contributed by atoms with Crippen molar-refractivity contribution in [2.45, 2.75) is 13.0 Å². The molecule has 0 aliphatic heterocycles. The Kier molecular flexibility index (Phi) is 5.78. The van der Waals surface area contributed by atoms with Gasteiger partial charge in [-0.3, -0.25) is 14.6 Å². The van der Waals surface area contributed by atoms with Crippen LogP contribution in [0.1, 0.15) is 27.3 Å². The van der Waals surface area contributed by atoms with Gasteiger partial charge in [-0.1, -0.05) is 0 Å². The number of ether oxygens (including phenoxy) is 1. The number of rotatable bonds is 6. The molecule has 0 atom stereocenters. The van der Waals surface area contributed by atoms with Crippen molar-refractivity contribution in [3.05, 3.63) is 58.5 Å².